The van der Waals surface area contributed by atoms with Crippen molar-refractivity contribution >= 4 is 5.91 Å². The van der Waals surface area contributed by atoms with Crippen LogP contribution in [0.1, 0.15) is 44.5 Å². The summed E-state index contributed by atoms with van der Waals surface area (Å²) in [6.07, 6.45) is 0. The standard InChI is InChI=1S/C16H20N4O/c1-9-6-15(12(4)19-11(9)3)16(21)17-8-14-7-10(2)18-13(5)20-14/h6-7H,8H2,1-5H3,(H,17,21). The summed E-state index contributed by atoms with van der Waals surface area (Å²) in [4.78, 5) is 25.2. The molecule has 0 unspecified atom stereocenters. The third kappa shape index (κ3) is 3.62. The molecule has 0 aromatic carbocycles. The first-order chi connectivity index (χ1) is 9.86. The Morgan fingerprint density at radius 2 is 1.71 bits per heavy atom. The highest BCUT2D eigenvalue weighted by atomic mass is 16.1. The van der Waals surface area contributed by atoms with Gasteiger partial charge in [0.05, 0.1) is 23.5 Å². The van der Waals surface area contributed by atoms with E-state index in [0.29, 0.717) is 17.9 Å². The molecule has 21 heavy (non-hydrogen) atoms. The molecule has 0 aliphatic heterocycles. The first kappa shape index (κ1) is 15.1. The van der Waals surface area contributed by atoms with E-state index in [9.17, 15) is 4.79 Å². The lowest BCUT2D eigenvalue weighted by Crippen LogP contribution is -2.25. The van der Waals surface area contributed by atoms with Crippen LogP contribution in [-0.2, 0) is 6.54 Å². The first-order valence-electron chi connectivity index (χ1n) is 6.91. The summed E-state index contributed by atoms with van der Waals surface area (Å²) in [6.45, 7) is 9.88. The topological polar surface area (TPSA) is 67.8 Å². The quantitative estimate of drug-likeness (QED) is 0.939. The third-order valence-electron chi connectivity index (χ3n) is 3.35. The summed E-state index contributed by atoms with van der Waals surface area (Å²) in [5.41, 5.74) is 5.02. The van der Waals surface area contributed by atoms with Crippen molar-refractivity contribution in [3.8, 4) is 0 Å². The number of amides is 1. The summed E-state index contributed by atoms with van der Waals surface area (Å²) in [5, 5.41) is 2.89. The van der Waals surface area contributed by atoms with E-state index < -0.39 is 0 Å². The number of hydrogen-bond donors (Lipinski definition) is 1. The second-order valence-corrected chi connectivity index (χ2v) is 5.25. The molecule has 2 aromatic rings. The van der Waals surface area contributed by atoms with Crippen LogP contribution in [0.3, 0.4) is 0 Å². The highest BCUT2D eigenvalue weighted by Crippen LogP contribution is 2.11. The third-order valence-corrected chi connectivity index (χ3v) is 3.35. The van der Waals surface area contributed by atoms with E-state index in [2.05, 4.69) is 20.3 Å². The highest BCUT2D eigenvalue weighted by molar-refractivity contribution is 5.95. The van der Waals surface area contributed by atoms with Gasteiger partial charge in [-0.3, -0.25) is 9.78 Å². The Bertz CT molecular complexity index is 675. The van der Waals surface area contributed by atoms with Crippen molar-refractivity contribution in [1.82, 2.24) is 20.3 Å². The van der Waals surface area contributed by atoms with Crippen LogP contribution in [0.2, 0.25) is 0 Å². The van der Waals surface area contributed by atoms with Crippen LogP contribution in [0, 0.1) is 34.6 Å². The Kier molecular flexibility index (Phi) is 4.31. The lowest BCUT2D eigenvalue weighted by atomic mass is 10.1. The normalized spacial score (nSPS) is 10.5. The Hall–Kier alpha value is -2.30. The highest BCUT2D eigenvalue weighted by Gasteiger charge is 2.12. The molecule has 2 rings (SSSR count). The van der Waals surface area contributed by atoms with E-state index in [-0.39, 0.29) is 5.91 Å². The Balaban J connectivity index is 2.13. The second-order valence-electron chi connectivity index (χ2n) is 5.25. The van der Waals surface area contributed by atoms with Crippen LogP contribution in [0.15, 0.2) is 12.1 Å². The predicted molar refractivity (Wildman–Crippen MR) is 81.1 cm³/mol. The molecule has 110 valence electrons. The molecule has 0 radical (unpaired) electrons. The van der Waals surface area contributed by atoms with Gasteiger partial charge >= 0.3 is 0 Å². The van der Waals surface area contributed by atoms with Crippen molar-refractivity contribution < 1.29 is 4.79 Å². The van der Waals surface area contributed by atoms with E-state index in [0.717, 1.165) is 28.3 Å². The summed E-state index contributed by atoms with van der Waals surface area (Å²) in [7, 11) is 0. The van der Waals surface area contributed by atoms with Gasteiger partial charge in [-0.1, -0.05) is 0 Å². The average molecular weight is 284 g/mol. The summed E-state index contributed by atoms with van der Waals surface area (Å²) in [5.74, 6) is 0.584. The zero-order chi connectivity index (χ0) is 15.6. The average Bonchev–Trinajstić information content (AvgIpc) is 2.39. The lowest BCUT2D eigenvalue weighted by molar-refractivity contribution is 0.0949. The van der Waals surface area contributed by atoms with Crippen molar-refractivity contribution in [3.63, 3.8) is 0 Å². The van der Waals surface area contributed by atoms with Crippen LogP contribution in [-0.4, -0.2) is 20.9 Å². The molecule has 0 spiro atoms. The number of rotatable bonds is 3. The van der Waals surface area contributed by atoms with Gasteiger partial charge in [-0.25, -0.2) is 9.97 Å². The van der Waals surface area contributed by atoms with Gasteiger partial charge in [0.1, 0.15) is 5.82 Å². The Morgan fingerprint density at radius 3 is 2.38 bits per heavy atom. The molecule has 5 heteroatoms. The molecule has 0 saturated heterocycles. The maximum absolute atomic E-state index is 12.3. The number of carbonyl (C=O) groups is 1. The Labute approximate surface area is 124 Å². The zero-order valence-electron chi connectivity index (χ0n) is 13.1. The number of aromatic nitrogens is 3. The second kappa shape index (κ2) is 5.99. The van der Waals surface area contributed by atoms with Crippen LogP contribution >= 0.6 is 0 Å². The SMILES string of the molecule is Cc1cc(CNC(=O)c2cc(C)c(C)nc2C)nc(C)n1. The van der Waals surface area contributed by atoms with E-state index in [1.807, 2.05) is 46.8 Å². The first-order valence-corrected chi connectivity index (χ1v) is 6.91. The lowest BCUT2D eigenvalue weighted by Gasteiger charge is -2.10. The van der Waals surface area contributed by atoms with E-state index in [4.69, 9.17) is 0 Å². The summed E-state index contributed by atoms with van der Waals surface area (Å²) >= 11 is 0. The maximum Gasteiger partial charge on any atom is 0.253 e. The molecule has 0 atom stereocenters. The monoisotopic (exact) mass is 284 g/mol. The molecule has 0 fully saturated rings. The van der Waals surface area contributed by atoms with Gasteiger partial charge in [0.2, 0.25) is 0 Å². The minimum Gasteiger partial charge on any atom is -0.346 e. The number of aryl methyl sites for hydroxylation is 5. The smallest absolute Gasteiger partial charge is 0.253 e. The van der Waals surface area contributed by atoms with E-state index in [1.165, 1.54) is 0 Å². The molecule has 2 aromatic heterocycles. The van der Waals surface area contributed by atoms with Crippen molar-refractivity contribution in [1.29, 1.82) is 0 Å². The van der Waals surface area contributed by atoms with Gasteiger partial charge in [-0.2, -0.15) is 0 Å². The number of nitrogens with zero attached hydrogens (tertiary/aromatic N) is 3. The van der Waals surface area contributed by atoms with E-state index in [1.54, 1.807) is 0 Å². The van der Waals surface area contributed by atoms with Crippen molar-refractivity contribution in [3.05, 3.63) is 51.9 Å². The Morgan fingerprint density at radius 1 is 1.00 bits per heavy atom. The number of pyridine rings is 1. The fraction of sp³-hybridized carbons (Fsp3) is 0.375. The zero-order valence-corrected chi connectivity index (χ0v) is 13.1. The van der Waals surface area contributed by atoms with Gasteiger partial charge in [-0.15, -0.1) is 0 Å². The molecular formula is C16H20N4O. The molecule has 2 heterocycles. The molecule has 0 aliphatic carbocycles. The molecule has 5 nitrogen and oxygen atoms in total. The van der Waals surface area contributed by atoms with Gasteiger partial charge in [-0.05, 0) is 52.3 Å². The summed E-state index contributed by atoms with van der Waals surface area (Å²) in [6, 6.07) is 3.75. The molecule has 0 bridgehead atoms. The van der Waals surface area contributed by atoms with Crippen LogP contribution in [0.25, 0.3) is 0 Å². The minimum atomic E-state index is -0.128. The van der Waals surface area contributed by atoms with Crippen molar-refractivity contribution in [2.24, 2.45) is 0 Å². The molecule has 1 N–H and O–H groups in total. The minimum absolute atomic E-state index is 0.128. The van der Waals surface area contributed by atoms with Crippen LogP contribution < -0.4 is 5.32 Å². The van der Waals surface area contributed by atoms with Gasteiger partial charge in [0, 0.05) is 11.4 Å². The molecular weight excluding hydrogens is 264 g/mol. The van der Waals surface area contributed by atoms with Crippen molar-refractivity contribution in [2.45, 2.75) is 41.2 Å². The van der Waals surface area contributed by atoms with Gasteiger partial charge in [0.25, 0.3) is 5.91 Å². The molecule has 0 saturated carbocycles. The molecule has 1 amide bonds. The predicted octanol–water partition coefficient (Wildman–Crippen LogP) is 2.34. The van der Waals surface area contributed by atoms with Crippen molar-refractivity contribution in [2.75, 3.05) is 0 Å². The van der Waals surface area contributed by atoms with Crippen LogP contribution in [0.4, 0.5) is 0 Å². The maximum atomic E-state index is 12.3. The number of carbonyl (C=O) groups excluding carboxylic acids is 1. The van der Waals surface area contributed by atoms with E-state index >= 15 is 0 Å². The number of nitrogens with one attached hydrogen (secondary N) is 1. The largest absolute Gasteiger partial charge is 0.346 e. The van der Waals surface area contributed by atoms with Crippen LogP contribution in [0.5, 0.6) is 0 Å². The fourth-order valence-corrected chi connectivity index (χ4v) is 2.21. The summed E-state index contributed by atoms with van der Waals surface area (Å²) < 4.78 is 0. The fourth-order valence-electron chi connectivity index (χ4n) is 2.21. The van der Waals surface area contributed by atoms with Gasteiger partial charge in [0.15, 0.2) is 0 Å². The molecule has 0 aliphatic rings. The number of hydrogen-bond acceptors (Lipinski definition) is 4. The van der Waals surface area contributed by atoms with Gasteiger partial charge < -0.3 is 5.32 Å².